The van der Waals surface area contributed by atoms with Gasteiger partial charge in [-0.1, -0.05) is 0 Å². The molecule has 1 aliphatic rings. The zero-order chi connectivity index (χ0) is 19.1. The van der Waals surface area contributed by atoms with Gasteiger partial charge in [0.15, 0.2) is 0 Å². The Balaban J connectivity index is 1.90. The number of nitrogens with one attached hydrogen (secondary N) is 1. The van der Waals surface area contributed by atoms with Gasteiger partial charge in [-0.15, -0.1) is 0 Å². The second kappa shape index (κ2) is 6.55. The van der Waals surface area contributed by atoms with E-state index in [0.717, 1.165) is 12.1 Å². The molecular weight excluding hydrogens is 379 g/mol. The Morgan fingerprint density at radius 1 is 1.08 bits per heavy atom. The number of aryl methyl sites for hydroxylation is 2. The van der Waals surface area contributed by atoms with Gasteiger partial charge in [-0.3, -0.25) is 9.03 Å². The summed E-state index contributed by atoms with van der Waals surface area (Å²) in [5.41, 5.74) is 1.80. The molecule has 1 aliphatic heterocycles. The molecule has 0 spiro atoms. The average Bonchev–Trinajstić information content (AvgIpc) is 2.86. The van der Waals surface area contributed by atoms with E-state index in [1.807, 2.05) is 0 Å². The SMILES string of the molecule is Cc1cc(NS(=O)(=O)c2ccc(F)cc2C)ccc1N1CCCS1(=O)=O. The van der Waals surface area contributed by atoms with Gasteiger partial charge < -0.3 is 0 Å². The van der Waals surface area contributed by atoms with E-state index in [1.54, 1.807) is 19.1 Å². The number of hydrogen-bond donors (Lipinski definition) is 1. The lowest BCUT2D eigenvalue weighted by Crippen LogP contribution is -2.25. The van der Waals surface area contributed by atoms with Gasteiger partial charge in [0.1, 0.15) is 5.82 Å². The van der Waals surface area contributed by atoms with Crippen molar-refractivity contribution in [1.82, 2.24) is 0 Å². The predicted molar refractivity (Wildman–Crippen MR) is 98.9 cm³/mol. The van der Waals surface area contributed by atoms with E-state index in [-0.39, 0.29) is 10.6 Å². The molecule has 0 radical (unpaired) electrons. The number of rotatable bonds is 4. The Morgan fingerprint density at radius 3 is 2.38 bits per heavy atom. The maximum atomic E-state index is 13.2. The second-order valence-electron chi connectivity index (χ2n) is 6.26. The summed E-state index contributed by atoms with van der Waals surface area (Å²) in [6, 6.07) is 8.15. The fraction of sp³-hybridized carbons (Fsp3) is 0.294. The van der Waals surface area contributed by atoms with Crippen molar-refractivity contribution in [1.29, 1.82) is 0 Å². The monoisotopic (exact) mass is 398 g/mol. The third kappa shape index (κ3) is 3.54. The van der Waals surface area contributed by atoms with E-state index < -0.39 is 25.9 Å². The second-order valence-corrected chi connectivity index (χ2v) is 9.92. The van der Waals surface area contributed by atoms with Crippen LogP contribution >= 0.6 is 0 Å². The highest BCUT2D eigenvalue weighted by atomic mass is 32.2. The highest BCUT2D eigenvalue weighted by molar-refractivity contribution is 7.93. The predicted octanol–water partition coefficient (Wildman–Crippen LogP) is 2.78. The van der Waals surface area contributed by atoms with Crippen LogP contribution in [0.2, 0.25) is 0 Å². The Hall–Kier alpha value is -2.13. The van der Waals surface area contributed by atoms with Crippen molar-refractivity contribution in [2.45, 2.75) is 25.2 Å². The van der Waals surface area contributed by atoms with Crippen LogP contribution in [0.5, 0.6) is 0 Å². The molecule has 140 valence electrons. The molecule has 9 heteroatoms. The van der Waals surface area contributed by atoms with Crippen LogP contribution in [-0.4, -0.2) is 29.1 Å². The van der Waals surface area contributed by atoms with E-state index in [1.165, 1.54) is 23.4 Å². The first kappa shape index (κ1) is 18.7. The smallest absolute Gasteiger partial charge is 0.262 e. The molecule has 1 N–H and O–H groups in total. The summed E-state index contributed by atoms with van der Waals surface area (Å²) in [6.45, 7) is 3.66. The summed E-state index contributed by atoms with van der Waals surface area (Å²) in [4.78, 5) is -0.0113. The Morgan fingerprint density at radius 2 is 1.81 bits per heavy atom. The normalized spacial score (nSPS) is 16.7. The summed E-state index contributed by atoms with van der Waals surface area (Å²) in [5.74, 6) is -0.390. The zero-order valence-electron chi connectivity index (χ0n) is 14.4. The topological polar surface area (TPSA) is 83.6 Å². The first-order valence-corrected chi connectivity index (χ1v) is 11.1. The van der Waals surface area contributed by atoms with Crippen LogP contribution in [0.3, 0.4) is 0 Å². The van der Waals surface area contributed by atoms with Crippen LogP contribution < -0.4 is 9.03 Å². The lowest BCUT2D eigenvalue weighted by atomic mass is 10.2. The average molecular weight is 398 g/mol. The van der Waals surface area contributed by atoms with Gasteiger partial charge in [0.05, 0.1) is 16.3 Å². The van der Waals surface area contributed by atoms with Crippen LogP contribution in [0, 0.1) is 19.7 Å². The molecule has 2 aromatic carbocycles. The zero-order valence-corrected chi connectivity index (χ0v) is 16.0. The van der Waals surface area contributed by atoms with Gasteiger partial charge in [-0.2, -0.15) is 0 Å². The first-order valence-electron chi connectivity index (χ1n) is 8.00. The van der Waals surface area contributed by atoms with Crippen LogP contribution in [0.25, 0.3) is 0 Å². The van der Waals surface area contributed by atoms with Crippen LogP contribution in [-0.2, 0) is 20.0 Å². The minimum Gasteiger partial charge on any atom is -0.280 e. The number of sulfonamides is 2. The van der Waals surface area contributed by atoms with Gasteiger partial charge in [-0.25, -0.2) is 21.2 Å². The van der Waals surface area contributed by atoms with Crippen LogP contribution in [0.4, 0.5) is 15.8 Å². The third-order valence-corrected chi connectivity index (χ3v) is 7.64. The number of hydrogen-bond acceptors (Lipinski definition) is 4. The molecule has 2 aromatic rings. The molecule has 0 amide bonds. The summed E-state index contributed by atoms with van der Waals surface area (Å²) in [5, 5.41) is 0. The summed E-state index contributed by atoms with van der Waals surface area (Å²) < 4.78 is 66.2. The van der Waals surface area contributed by atoms with Gasteiger partial charge in [0, 0.05) is 12.2 Å². The van der Waals surface area contributed by atoms with Crippen molar-refractivity contribution in [3.8, 4) is 0 Å². The van der Waals surface area contributed by atoms with Crippen molar-refractivity contribution in [2.24, 2.45) is 0 Å². The highest BCUT2D eigenvalue weighted by Crippen LogP contribution is 2.30. The number of nitrogens with zero attached hydrogens (tertiary/aromatic N) is 1. The molecular formula is C17H19FN2O4S2. The number of benzene rings is 2. The number of halogens is 1. The fourth-order valence-electron chi connectivity index (χ4n) is 3.03. The lowest BCUT2D eigenvalue weighted by molar-refractivity contribution is 0.597. The summed E-state index contributed by atoms with van der Waals surface area (Å²) in [7, 11) is -7.18. The minimum absolute atomic E-state index is 0.0113. The summed E-state index contributed by atoms with van der Waals surface area (Å²) >= 11 is 0. The maximum Gasteiger partial charge on any atom is 0.262 e. The molecule has 0 saturated carbocycles. The standard InChI is InChI=1S/C17H19FN2O4S2/c1-12-11-15(5-6-16(12)20-8-3-9-25(20,21)22)19-26(23,24)17-7-4-14(18)10-13(17)2/h4-7,10-11,19H,3,8-9H2,1-2H3. The van der Waals surface area contributed by atoms with E-state index in [2.05, 4.69) is 4.72 Å². The summed E-state index contributed by atoms with van der Waals surface area (Å²) in [6.07, 6.45) is 0.569. The van der Waals surface area contributed by atoms with Gasteiger partial charge in [0.25, 0.3) is 10.0 Å². The molecule has 1 fully saturated rings. The molecule has 1 saturated heterocycles. The quantitative estimate of drug-likeness (QED) is 0.858. The minimum atomic E-state index is -3.88. The molecule has 1 heterocycles. The molecule has 0 bridgehead atoms. The van der Waals surface area contributed by atoms with E-state index in [4.69, 9.17) is 0 Å². The molecule has 0 aromatic heterocycles. The van der Waals surface area contributed by atoms with Crippen molar-refractivity contribution in [3.63, 3.8) is 0 Å². The number of anilines is 2. The maximum absolute atomic E-state index is 13.2. The van der Waals surface area contributed by atoms with E-state index in [9.17, 15) is 21.2 Å². The third-order valence-electron chi connectivity index (χ3n) is 4.24. The molecule has 3 rings (SSSR count). The van der Waals surface area contributed by atoms with Crippen molar-refractivity contribution >= 4 is 31.4 Å². The molecule has 6 nitrogen and oxygen atoms in total. The largest absolute Gasteiger partial charge is 0.280 e. The molecule has 0 atom stereocenters. The Labute approximate surface area is 152 Å². The van der Waals surface area contributed by atoms with E-state index >= 15 is 0 Å². The Kier molecular flexibility index (Phi) is 4.70. The first-order chi connectivity index (χ1) is 12.1. The van der Waals surface area contributed by atoms with Crippen molar-refractivity contribution < 1.29 is 21.2 Å². The van der Waals surface area contributed by atoms with Gasteiger partial charge in [0.2, 0.25) is 10.0 Å². The Bertz CT molecular complexity index is 1070. The van der Waals surface area contributed by atoms with E-state index in [0.29, 0.717) is 35.5 Å². The van der Waals surface area contributed by atoms with Gasteiger partial charge >= 0.3 is 0 Å². The highest BCUT2D eigenvalue weighted by Gasteiger charge is 2.29. The fourth-order valence-corrected chi connectivity index (χ4v) is 5.94. The molecule has 26 heavy (non-hydrogen) atoms. The molecule has 0 unspecified atom stereocenters. The van der Waals surface area contributed by atoms with Crippen LogP contribution in [0.1, 0.15) is 17.5 Å². The molecule has 0 aliphatic carbocycles. The van der Waals surface area contributed by atoms with Gasteiger partial charge in [-0.05, 0) is 67.8 Å². The lowest BCUT2D eigenvalue weighted by Gasteiger charge is -2.20. The van der Waals surface area contributed by atoms with Crippen molar-refractivity contribution in [2.75, 3.05) is 21.3 Å². The van der Waals surface area contributed by atoms with Crippen LogP contribution in [0.15, 0.2) is 41.3 Å². The van der Waals surface area contributed by atoms with Crippen molar-refractivity contribution in [3.05, 3.63) is 53.3 Å².